The highest BCUT2D eigenvalue weighted by molar-refractivity contribution is 5.96. The Morgan fingerprint density at radius 1 is 1.15 bits per heavy atom. The van der Waals surface area contributed by atoms with Crippen molar-refractivity contribution < 1.29 is 4.74 Å². The minimum Gasteiger partial charge on any atom is -0.494 e. The van der Waals surface area contributed by atoms with Crippen molar-refractivity contribution in [1.29, 1.82) is 10.8 Å². The van der Waals surface area contributed by atoms with Crippen LogP contribution in [0.25, 0.3) is 0 Å². The van der Waals surface area contributed by atoms with Gasteiger partial charge < -0.3 is 21.1 Å². The van der Waals surface area contributed by atoms with E-state index in [1.807, 2.05) is 24.3 Å². The van der Waals surface area contributed by atoms with E-state index in [1.54, 1.807) is 0 Å². The molecule has 0 heterocycles. The molecule has 0 fully saturated rings. The monoisotopic (exact) mass is 277 g/mol. The summed E-state index contributed by atoms with van der Waals surface area (Å²) in [6.45, 7) is 3.89. The molecule has 0 aromatic heterocycles. The number of hydrogen-bond acceptors (Lipinski definition) is 3. The number of benzene rings is 1. The maximum atomic E-state index is 7.89. The molecule has 0 bridgehead atoms. The zero-order valence-electron chi connectivity index (χ0n) is 11.8. The topological polar surface area (TPSA) is 107 Å². The third-order valence-corrected chi connectivity index (χ3v) is 2.65. The van der Waals surface area contributed by atoms with Crippen LogP contribution in [0.3, 0.4) is 0 Å². The molecule has 6 N–H and O–H groups in total. The molecule has 0 aliphatic heterocycles. The fourth-order valence-electron chi connectivity index (χ4n) is 1.54. The first-order valence-corrected chi connectivity index (χ1v) is 6.77. The molecule has 1 rings (SSSR count). The minimum atomic E-state index is -0.0630. The van der Waals surface area contributed by atoms with Crippen molar-refractivity contribution in [3.63, 3.8) is 0 Å². The van der Waals surface area contributed by atoms with Crippen LogP contribution in [-0.2, 0) is 0 Å². The number of nitrogens with two attached hydrogens (primary N) is 1. The summed E-state index contributed by atoms with van der Waals surface area (Å²) in [6.07, 6.45) is 2.16. The van der Waals surface area contributed by atoms with Gasteiger partial charge in [0.1, 0.15) is 11.6 Å². The van der Waals surface area contributed by atoms with Gasteiger partial charge in [0.05, 0.1) is 6.61 Å². The van der Waals surface area contributed by atoms with E-state index in [0.717, 1.165) is 30.8 Å². The van der Waals surface area contributed by atoms with Gasteiger partial charge in [-0.2, -0.15) is 0 Å². The Labute approximate surface area is 119 Å². The first kappa shape index (κ1) is 15.8. The molecule has 0 saturated carbocycles. The first-order chi connectivity index (χ1) is 9.63. The van der Waals surface area contributed by atoms with Crippen LogP contribution in [0.15, 0.2) is 24.3 Å². The Balaban J connectivity index is 2.35. The molecule has 20 heavy (non-hydrogen) atoms. The lowest BCUT2D eigenvalue weighted by molar-refractivity contribution is 0.309. The Kier molecular flexibility index (Phi) is 6.95. The van der Waals surface area contributed by atoms with Crippen molar-refractivity contribution >= 4 is 11.8 Å². The van der Waals surface area contributed by atoms with Gasteiger partial charge in [0.15, 0.2) is 5.96 Å². The number of nitrogens with one attached hydrogen (secondary N) is 4. The largest absolute Gasteiger partial charge is 0.494 e. The van der Waals surface area contributed by atoms with E-state index in [1.165, 1.54) is 0 Å². The molecule has 0 amide bonds. The van der Waals surface area contributed by atoms with Gasteiger partial charge >= 0.3 is 0 Å². The molecule has 0 atom stereocenters. The van der Waals surface area contributed by atoms with Crippen LogP contribution >= 0.6 is 0 Å². The third kappa shape index (κ3) is 6.08. The predicted octanol–water partition coefficient (Wildman–Crippen LogP) is 1.26. The molecule has 0 unspecified atom stereocenters. The van der Waals surface area contributed by atoms with E-state index in [-0.39, 0.29) is 5.96 Å². The van der Waals surface area contributed by atoms with Gasteiger partial charge in [0.25, 0.3) is 0 Å². The molecule has 0 saturated heterocycles. The van der Waals surface area contributed by atoms with Crippen LogP contribution in [0.2, 0.25) is 0 Å². The van der Waals surface area contributed by atoms with E-state index in [4.69, 9.17) is 21.3 Å². The second-order valence-corrected chi connectivity index (χ2v) is 4.37. The molecule has 1 aromatic carbocycles. The normalized spacial score (nSPS) is 9.85. The molecular weight excluding hydrogens is 254 g/mol. The summed E-state index contributed by atoms with van der Waals surface area (Å²) >= 11 is 0. The van der Waals surface area contributed by atoms with Gasteiger partial charge in [-0.25, -0.2) is 0 Å². The number of amidine groups is 1. The van der Waals surface area contributed by atoms with Crippen LogP contribution in [0.5, 0.6) is 5.75 Å². The number of ether oxygens (including phenoxy) is 1. The van der Waals surface area contributed by atoms with Crippen LogP contribution < -0.4 is 21.1 Å². The van der Waals surface area contributed by atoms with Gasteiger partial charge in [-0.05, 0) is 30.7 Å². The Morgan fingerprint density at radius 2 is 1.80 bits per heavy atom. The summed E-state index contributed by atoms with van der Waals surface area (Å²) in [5.41, 5.74) is 5.97. The standard InChI is InChI=1S/C14H23N5O/c1-2-3-10-20-12-6-4-11(5-7-12)13(15)18-8-9-19-14(16)17/h4-7H,2-3,8-10H2,1H3,(H2,15,18)(H4,16,17,19). The van der Waals surface area contributed by atoms with Gasteiger partial charge in [0.2, 0.25) is 0 Å². The van der Waals surface area contributed by atoms with Crippen molar-refractivity contribution in [1.82, 2.24) is 10.6 Å². The third-order valence-electron chi connectivity index (χ3n) is 2.65. The predicted molar refractivity (Wildman–Crippen MR) is 81.6 cm³/mol. The molecule has 110 valence electrons. The highest BCUT2D eigenvalue weighted by Gasteiger charge is 2.01. The van der Waals surface area contributed by atoms with E-state index >= 15 is 0 Å². The Morgan fingerprint density at radius 3 is 2.40 bits per heavy atom. The second-order valence-electron chi connectivity index (χ2n) is 4.37. The lowest BCUT2D eigenvalue weighted by Crippen LogP contribution is -2.37. The minimum absolute atomic E-state index is 0.0630. The van der Waals surface area contributed by atoms with Crippen molar-refractivity contribution in [3.8, 4) is 5.75 Å². The summed E-state index contributed by atoms with van der Waals surface area (Å²) in [6, 6.07) is 7.45. The first-order valence-electron chi connectivity index (χ1n) is 6.77. The Hall–Kier alpha value is -2.24. The van der Waals surface area contributed by atoms with Crippen LogP contribution in [0.1, 0.15) is 25.3 Å². The maximum absolute atomic E-state index is 7.89. The average Bonchev–Trinajstić information content (AvgIpc) is 2.44. The molecule has 0 aliphatic rings. The van der Waals surface area contributed by atoms with Crippen molar-refractivity contribution in [2.75, 3.05) is 19.7 Å². The summed E-state index contributed by atoms with van der Waals surface area (Å²) in [5.74, 6) is 1.11. The molecular formula is C14H23N5O. The quantitative estimate of drug-likeness (QED) is 0.280. The summed E-state index contributed by atoms with van der Waals surface area (Å²) in [4.78, 5) is 0. The molecule has 6 heteroatoms. The van der Waals surface area contributed by atoms with Crippen LogP contribution in [0, 0.1) is 10.8 Å². The number of guanidine groups is 1. The van der Waals surface area contributed by atoms with Crippen LogP contribution in [0.4, 0.5) is 0 Å². The molecule has 0 spiro atoms. The smallest absolute Gasteiger partial charge is 0.185 e. The summed E-state index contributed by atoms with van der Waals surface area (Å²) in [5, 5.41) is 20.5. The van der Waals surface area contributed by atoms with Crippen molar-refractivity contribution in [2.24, 2.45) is 5.73 Å². The van der Waals surface area contributed by atoms with Gasteiger partial charge in [0, 0.05) is 18.7 Å². The van der Waals surface area contributed by atoms with Crippen molar-refractivity contribution in [3.05, 3.63) is 29.8 Å². The van der Waals surface area contributed by atoms with Gasteiger partial charge in [-0.3, -0.25) is 10.8 Å². The Bertz CT molecular complexity index is 430. The van der Waals surface area contributed by atoms with Crippen molar-refractivity contribution in [2.45, 2.75) is 19.8 Å². The number of unbranched alkanes of at least 4 members (excludes halogenated alkanes) is 1. The number of hydrogen-bond donors (Lipinski definition) is 5. The maximum Gasteiger partial charge on any atom is 0.185 e. The second kappa shape index (κ2) is 8.79. The van der Waals surface area contributed by atoms with E-state index in [0.29, 0.717) is 18.9 Å². The SMILES string of the molecule is CCCCOc1ccc(C(=N)NCCNC(=N)N)cc1. The lowest BCUT2D eigenvalue weighted by Gasteiger charge is -2.10. The summed E-state index contributed by atoms with van der Waals surface area (Å²) < 4.78 is 5.57. The van der Waals surface area contributed by atoms with E-state index in [9.17, 15) is 0 Å². The number of rotatable bonds is 8. The summed E-state index contributed by atoms with van der Waals surface area (Å²) in [7, 11) is 0. The zero-order chi connectivity index (χ0) is 14.8. The van der Waals surface area contributed by atoms with Crippen LogP contribution in [-0.4, -0.2) is 31.5 Å². The molecule has 1 aromatic rings. The molecule has 6 nitrogen and oxygen atoms in total. The molecule has 0 aliphatic carbocycles. The fraction of sp³-hybridized carbons (Fsp3) is 0.429. The van der Waals surface area contributed by atoms with E-state index in [2.05, 4.69) is 17.6 Å². The average molecular weight is 277 g/mol. The zero-order valence-corrected chi connectivity index (χ0v) is 11.8. The molecule has 0 radical (unpaired) electrons. The van der Waals surface area contributed by atoms with Gasteiger partial charge in [-0.1, -0.05) is 13.3 Å². The van der Waals surface area contributed by atoms with Gasteiger partial charge in [-0.15, -0.1) is 0 Å². The lowest BCUT2D eigenvalue weighted by atomic mass is 10.2. The van der Waals surface area contributed by atoms with E-state index < -0.39 is 0 Å². The highest BCUT2D eigenvalue weighted by Crippen LogP contribution is 2.12. The highest BCUT2D eigenvalue weighted by atomic mass is 16.5. The fourth-order valence-corrected chi connectivity index (χ4v) is 1.54.